The van der Waals surface area contributed by atoms with Gasteiger partial charge in [0.2, 0.25) is 5.95 Å². The van der Waals surface area contributed by atoms with Gasteiger partial charge in [-0.2, -0.15) is 0 Å². The Labute approximate surface area is 189 Å². The summed E-state index contributed by atoms with van der Waals surface area (Å²) in [5.74, 6) is 0.0294. The van der Waals surface area contributed by atoms with Gasteiger partial charge in [0.1, 0.15) is 0 Å². The zero-order chi connectivity index (χ0) is 21.9. The molecule has 0 bridgehead atoms. The fourth-order valence-corrected chi connectivity index (χ4v) is 4.01. The first-order valence-electron chi connectivity index (χ1n) is 8.60. The van der Waals surface area contributed by atoms with E-state index < -0.39 is 10.0 Å². The number of nitrogens with zero attached hydrogens (tertiary/aromatic N) is 2. The molecule has 7 nitrogen and oxygen atoms in total. The quantitative estimate of drug-likeness (QED) is 0.440. The van der Waals surface area contributed by atoms with Crippen molar-refractivity contribution in [3.05, 3.63) is 70.0 Å². The highest BCUT2D eigenvalue weighted by atomic mass is 35.5. The first-order valence-corrected chi connectivity index (χ1v) is 11.3. The van der Waals surface area contributed by atoms with Crippen molar-refractivity contribution in [2.45, 2.75) is 18.7 Å². The first-order chi connectivity index (χ1) is 14.1. The van der Waals surface area contributed by atoms with Gasteiger partial charge in [-0.05, 0) is 74.6 Å². The second-order valence-corrected chi connectivity index (χ2v) is 9.22. The van der Waals surface area contributed by atoms with E-state index >= 15 is 0 Å². The number of benzene rings is 2. The van der Waals surface area contributed by atoms with Crippen LogP contribution >= 0.6 is 35.4 Å². The Bertz CT molecular complexity index is 1180. The van der Waals surface area contributed by atoms with Gasteiger partial charge in [-0.1, -0.05) is 23.2 Å². The summed E-state index contributed by atoms with van der Waals surface area (Å²) in [7, 11) is -3.83. The van der Waals surface area contributed by atoms with E-state index in [-0.39, 0.29) is 10.8 Å². The lowest BCUT2D eigenvalue weighted by atomic mass is 10.3. The molecule has 30 heavy (non-hydrogen) atoms. The minimum atomic E-state index is -3.83. The van der Waals surface area contributed by atoms with Crippen LogP contribution in [0.15, 0.2) is 53.4 Å². The minimum absolute atomic E-state index is 0.0294. The van der Waals surface area contributed by atoms with Gasteiger partial charge in [0.05, 0.1) is 14.9 Å². The normalized spacial score (nSPS) is 11.1. The van der Waals surface area contributed by atoms with E-state index in [0.29, 0.717) is 37.9 Å². The van der Waals surface area contributed by atoms with Gasteiger partial charge in [-0.15, -0.1) is 0 Å². The summed E-state index contributed by atoms with van der Waals surface area (Å²) >= 11 is 17.1. The molecule has 0 spiro atoms. The predicted molar refractivity (Wildman–Crippen MR) is 125 cm³/mol. The van der Waals surface area contributed by atoms with Crippen molar-refractivity contribution in [1.29, 1.82) is 0 Å². The summed E-state index contributed by atoms with van der Waals surface area (Å²) in [6.07, 6.45) is 0. The molecule has 1 aromatic heterocycles. The molecule has 0 atom stereocenters. The predicted octanol–water partition coefficient (Wildman–Crippen LogP) is 5.01. The van der Waals surface area contributed by atoms with E-state index in [1.54, 1.807) is 50.2 Å². The molecule has 3 aromatic rings. The molecule has 0 saturated heterocycles. The molecule has 0 amide bonds. The zero-order valence-corrected chi connectivity index (χ0v) is 19.0. The van der Waals surface area contributed by atoms with Gasteiger partial charge in [0.15, 0.2) is 5.11 Å². The number of halogens is 2. The van der Waals surface area contributed by atoms with Gasteiger partial charge < -0.3 is 10.6 Å². The number of anilines is 3. The summed E-state index contributed by atoms with van der Waals surface area (Å²) in [6.45, 7) is 3.53. The van der Waals surface area contributed by atoms with E-state index in [1.807, 2.05) is 0 Å². The van der Waals surface area contributed by atoms with E-state index in [2.05, 4.69) is 25.3 Å². The van der Waals surface area contributed by atoms with E-state index in [4.69, 9.17) is 35.4 Å². The standard InChI is InChI=1S/C19H17Cl2N5O2S2/c1-11-9-12(2)23-18(22-11)26-30(27,28)15-6-3-13(4-7-15)24-19(29)25-14-5-8-16(20)17(21)10-14/h3-10H,1-2H3,(H,22,23,26)(H2,24,25,29). The number of rotatable bonds is 5. The van der Waals surface area contributed by atoms with Crippen molar-refractivity contribution in [2.75, 3.05) is 15.4 Å². The fourth-order valence-electron chi connectivity index (χ4n) is 2.54. The second-order valence-electron chi connectivity index (χ2n) is 6.31. The van der Waals surface area contributed by atoms with Crippen LogP contribution in [0.2, 0.25) is 10.0 Å². The van der Waals surface area contributed by atoms with E-state index in [9.17, 15) is 8.42 Å². The molecular formula is C19H17Cl2N5O2S2. The van der Waals surface area contributed by atoms with E-state index in [0.717, 1.165) is 0 Å². The van der Waals surface area contributed by atoms with Crippen LogP contribution in [0, 0.1) is 13.8 Å². The van der Waals surface area contributed by atoms with Crippen LogP contribution in [0.4, 0.5) is 17.3 Å². The third kappa shape index (κ3) is 5.79. The summed E-state index contributed by atoms with van der Waals surface area (Å²) < 4.78 is 27.6. The molecule has 0 unspecified atom stereocenters. The van der Waals surface area contributed by atoms with Crippen molar-refractivity contribution >= 4 is 67.9 Å². The number of aryl methyl sites for hydroxylation is 2. The zero-order valence-electron chi connectivity index (χ0n) is 15.9. The average Bonchev–Trinajstić information content (AvgIpc) is 2.64. The van der Waals surface area contributed by atoms with Gasteiger partial charge in [0.25, 0.3) is 10.0 Å². The summed E-state index contributed by atoms with van der Waals surface area (Å²) in [6, 6.07) is 12.9. The first kappa shape index (κ1) is 22.2. The van der Waals surface area contributed by atoms with E-state index in [1.165, 1.54) is 12.1 Å². The lowest BCUT2D eigenvalue weighted by molar-refractivity contribution is 0.601. The molecule has 0 aliphatic rings. The maximum atomic E-state index is 12.6. The summed E-state index contributed by atoms with van der Waals surface area (Å²) in [5, 5.41) is 7.10. The number of nitrogens with one attached hydrogen (secondary N) is 3. The summed E-state index contributed by atoms with van der Waals surface area (Å²) in [4.78, 5) is 8.26. The maximum absolute atomic E-state index is 12.6. The van der Waals surface area contributed by atoms with Crippen LogP contribution in [0.3, 0.4) is 0 Å². The van der Waals surface area contributed by atoms with Crippen molar-refractivity contribution in [3.8, 4) is 0 Å². The number of thiocarbonyl (C=S) groups is 1. The Hall–Kier alpha value is -2.46. The Balaban J connectivity index is 1.67. The van der Waals surface area contributed by atoms with Gasteiger partial charge in [0, 0.05) is 22.8 Å². The van der Waals surface area contributed by atoms with Crippen molar-refractivity contribution in [3.63, 3.8) is 0 Å². The number of aromatic nitrogens is 2. The molecular weight excluding hydrogens is 465 g/mol. The van der Waals surface area contributed by atoms with Crippen LogP contribution < -0.4 is 15.4 Å². The highest BCUT2D eigenvalue weighted by Gasteiger charge is 2.16. The topological polar surface area (TPSA) is 96.0 Å². The third-order valence-corrected chi connectivity index (χ3v) is 6.10. The van der Waals surface area contributed by atoms with Crippen LogP contribution in [0.1, 0.15) is 11.4 Å². The van der Waals surface area contributed by atoms with Crippen molar-refractivity contribution in [1.82, 2.24) is 9.97 Å². The smallest absolute Gasteiger partial charge is 0.264 e. The molecule has 3 rings (SSSR count). The molecule has 3 N–H and O–H groups in total. The molecule has 11 heteroatoms. The van der Waals surface area contributed by atoms with Crippen molar-refractivity contribution < 1.29 is 8.42 Å². The average molecular weight is 482 g/mol. The highest BCUT2D eigenvalue weighted by molar-refractivity contribution is 7.92. The number of sulfonamides is 1. The molecule has 2 aromatic carbocycles. The Kier molecular flexibility index (Phi) is 6.77. The second kappa shape index (κ2) is 9.13. The lowest BCUT2D eigenvalue weighted by Crippen LogP contribution is -2.19. The summed E-state index contributed by atoms with van der Waals surface area (Å²) in [5.41, 5.74) is 2.61. The molecule has 156 valence electrons. The lowest BCUT2D eigenvalue weighted by Gasteiger charge is -2.12. The van der Waals surface area contributed by atoms with Crippen molar-refractivity contribution in [2.24, 2.45) is 0 Å². The van der Waals surface area contributed by atoms with Gasteiger partial charge >= 0.3 is 0 Å². The minimum Gasteiger partial charge on any atom is -0.332 e. The Morgan fingerprint density at radius 2 is 1.43 bits per heavy atom. The Morgan fingerprint density at radius 3 is 2.03 bits per heavy atom. The van der Waals surface area contributed by atoms with Gasteiger partial charge in [-0.25, -0.2) is 23.1 Å². The molecule has 0 aliphatic heterocycles. The molecule has 1 heterocycles. The fraction of sp³-hybridized carbons (Fsp3) is 0.105. The largest absolute Gasteiger partial charge is 0.332 e. The van der Waals surface area contributed by atoms with Crippen LogP contribution in [0.5, 0.6) is 0 Å². The number of hydrogen-bond acceptors (Lipinski definition) is 5. The third-order valence-electron chi connectivity index (χ3n) is 3.81. The monoisotopic (exact) mass is 481 g/mol. The van der Waals surface area contributed by atoms with Crippen LogP contribution in [0.25, 0.3) is 0 Å². The Morgan fingerprint density at radius 1 is 0.867 bits per heavy atom. The molecule has 0 radical (unpaired) electrons. The molecule has 0 saturated carbocycles. The number of hydrogen-bond donors (Lipinski definition) is 3. The van der Waals surface area contributed by atoms with Crippen LogP contribution in [-0.2, 0) is 10.0 Å². The van der Waals surface area contributed by atoms with Crippen LogP contribution in [-0.4, -0.2) is 23.5 Å². The molecule has 0 fully saturated rings. The highest BCUT2D eigenvalue weighted by Crippen LogP contribution is 2.25. The maximum Gasteiger partial charge on any atom is 0.264 e. The van der Waals surface area contributed by atoms with Gasteiger partial charge in [-0.3, -0.25) is 0 Å². The molecule has 0 aliphatic carbocycles. The SMILES string of the molecule is Cc1cc(C)nc(NS(=O)(=O)c2ccc(NC(=S)Nc3ccc(Cl)c(Cl)c3)cc2)n1.